The molecule has 1 aromatic rings. The molecule has 1 aromatic heterocycles. The first-order valence-electron chi connectivity index (χ1n) is 7.72. The number of aromatic nitrogens is 2. The van der Waals surface area contributed by atoms with Gasteiger partial charge in [-0.05, 0) is 39.4 Å². The number of rotatable bonds is 7. The fraction of sp³-hybridized carbons (Fsp3) is 0.625. The molecule has 0 bridgehead atoms. The zero-order valence-corrected chi connectivity index (χ0v) is 12.9. The fourth-order valence-corrected chi connectivity index (χ4v) is 2.58. The first-order valence-corrected chi connectivity index (χ1v) is 7.72. The molecule has 1 saturated heterocycles. The number of likely N-dealkylation sites (N-methyl/N-ethyl adjacent to an activating group) is 1. The predicted octanol–water partition coefficient (Wildman–Crippen LogP) is 1.83. The Kier molecular flexibility index (Phi) is 6.63. The Morgan fingerprint density at radius 1 is 1.33 bits per heavy atom. The number of hydrogen-bond donors (Lipinski definition) is 0. The second kappa shape index (κ2) is 8.74. The Balaban J connectivity index is 1.90. The van der Waals surface area contributed by atoms with Crippen molar-refractivity contribution in [1.29, 1.82) is 0 Å². The van der Waals surface area contributed by atoms with E-state index in [9.17, 15) is 0 Å². The topological polar surface area (TPSA) is 41.5 Å². The molecule has 0 amide bonds. The summed E-state index contributed by atoms with van der Waals surface area (Å²) >= 11 is 0. The molecular formula is C16H26N4O. The summed E-state index contributed by atoms with van der Waals surface area (Å²) in [6, 6.07) is 0. The van der Waals surface area contributed by atoms with E-state index in [0.717, 1.165) is 39.0 Å². The summed E-state index contributed by atoms with van der Waals surface area (Å²) in [6.45, 7) is 9.29. The van der Waals surface area contributed by atoms with E-state index in [-0.39, 0.29) is 6.10 Å². The van der Waals surface area contributed by atoms with Crippen LogP contribution in [0.15, 0.2) is 31.2 Å². The van der Waals surface area contributed by atoms with Crippen molar-refractivity contribution in [2.45, 2.75) is 25.4 Å². The summed E-state index contributed by atoms with van der Waals surface area (Å²) in [5, 5.41) is 0. The van der Waals surface area contributed by atoms with Crippen LogP contribution in [0.3, 0.4) is 0 Å². The Labute approximate surface area is 127 Å². The first-order chi connectivity index (χ1) is 10.3. The average molecular weight is 290 g/mol. The third kappa shape index (κ3) is 5.81. The molecule has 1 fully saturated rings. The van der Waals surface area contributed by atoms with Crippen LogP contribution in [0, 0.1) is 0 Å². The van der Waals surface area contributed by atoms with Crippen molar-refractivity contribution < 1.29 is 4.74 Å². The quantitative estimate of drug-likeness (QED) is 0.717. The lowest BCUT2D eigenvalue weighted by Crippen LogP contribution is -2.38. The van der Waals surface area contributed by atoms with Crippen molar-refractivity contribution in [3.05, 3.63) is 31.2 Å². The van der Waals surface area contributed by atoms with Gasteiger partial charge in [-0.2, -0.15) is 0 Å². The largest absolute Gasteiger partial charge is 0.472 e. The fourth-order valence-electron chi connectivity index (χ4n) is 2.58. The van der Waals surface area contributed by atoms with Gasteiger partial charge in [-0.3, -0.25) is 9.88 Å². The van der Waals surface area contributed by atoms with Crippen LogP contribution in [-0.2, 0) is 0 Å². The Bertz CT molecular complexity index is 412. The van der Waals surface area contributed by atoms with E-state index < -0.39 is 0 Å². The van der Waals surface area contributed by atoms with Crippen LogP contribution in [0.2, 0.25) is 0 Å². The van der Waals surface area contributed by atoms with E-state index in [2.05, 4.69) is 33.4 Å². The Hall–Kier alpha value is -1.46. The van der Waals surface area contributed by atoms with Crippen LogP contribution in [0.1, 0.15) is 19.3 Å². The van der Waals surface area contributed by atoms with Gasteiger partial charge in [-0.25, -0.2) is 4.98 Å². The summed E-state index contributed by atoms with van der Waals surface area (Å²) in [6.07, 6.45) is 10.2. The molecule has 2 heterocycles. The summed E-state index contributed by atoms with van der Waals surface area (Å²) in [7, 11) is 2.19. The molecule has 0 aliphatic carbocycles. The van der Waals surface area contributed by atoms with E-state index in [4.69, 9.17) is 4.74 Å². The molecule has 1 aliphatic heterocycles. The van der Waals surface area contributed by atoms with Crippen LogP contribution >= 0.6 is 0 Å². The van der Waals surface area contributed by atoms with E-state index in [1.165, 1.54) is 13.0 Å². The molecule has 1 aliphatic rings. The number of nitrogens with zero attached hydrogens (tertiary/aromatic N) is 4. The molecule has 21 heavy (non-hydrogen) atoms. The maximum atomic E-state index is 6.01. The van der Waals surface area contributed by atoms with Crippen molar-refractivity contribution >= 4 is 0 Å². The second-order valence-electron chi connectivity index (χ2n) is 5.61. The van der Waals surface area contributed by atoms with Gasteiger partial charge in [0.2, 0.25) is 5.88 Å². The molecular weight excluding hydrogens is 264 g/mol. The van der Waals surface area contributed by atoms with Gasteiger partial charge in [0, 0.05) is 32.0 Å². The zero-order chi connectivity index (χ0) is 14.9. The summed E-state index contributed by atoms with van der Waals surface area (Å²) in [4.78, 5) is 13.2. The minimum Gasteiger partial charge on any atom is -0.472 e. The normalized spacial score (nSPS) is 18.9. The number of allylic oxidation sites excluding steroid dienone is 1. The average Bonchev–Trinajstić information content (AvgIpc) is 2.70. The van der Waals surface area contributed by atoms with Crippen molar-refractivity contribution in [3.8, 4) is 5.88 Å². The highest BCUT2D eigenvalue weighted by atomic mass is 16.5. The smallest absolute Gasteiger partial charge is 0.232 e. The maximum absolute atomic E-state index is 6.01. The SMILES string of the molecule is C=CCC[C@H](CN1CCCN(C)CC1)Oc1cnccn1. The highest BCUT2D eigenvalue weighted by molar-refractivity contribution is 5.02. The van der Waals surface area contributed by atoms with E-state index >= 15 is 0 Å². The summed E-state index contributed by atoms with van der Waals surface area (Å²) in [5.41, 5.74) is 0. The highest BCUT2D eigenvalue weighted by Crippen LogP contribution is 2.12. The lowest BCUT2D eigenvalue weighted by atomic mass is 10.2. The predicted molar refractivity (Wildman–Crippen MR) is 84.4 cm³/mol. The molecule has 0 unspecified atom stereocenters. The minimum absolute atomic E-state index is 0.142. The lowest BCUT2D eigenvalue weighted by Gasteiger charge is -2.26. The van der Waals surface area contributed by atoms with Gasteiger partial charge >= 0.3 is 0 Å². The molecule has 0 aromatic carbocycles. The molecule has 1 atom stereocenters. The number of ether oxygens (including phenoxy) is 1. The third-order valence-corrected chi connectivity index (χ3v) is 3.79. The van der Waals surface area contributed by atoms with E-state index in [0.29, 0.717) is 5.88 Å². The maximum Gasteiger partial charge on any atom is 0.232 e. The molecule has 0 N–H and O–H groups in total. The molecule has 5 nitrogen and oxygen atoms in total. The first kappa shape index (κ1) is 15.9. The molecule has 5 heteroatoms. The van der Waals surface area contributed by atoms with E-state index in [1.54, 1.807) is 18.6 Å². The molecule has 0 radical (unpaired) electrons. The summed E-state index contributed by atoms with van der Waals surface area (Å²) < 4.78 is 6.01. The third-order valence-electron chi connectivity index (χ3n) is 3.79. The van der Waals surface area contributed by atoms with Crippen molar-refractivity contribution in [2.75, 3.05) is 39.8 Å². The zero-order valence-electron chi connectivity index (χ0n) is 12.9. The highest BCUT2D eigenvalue weighted by Gasteiger charge is 2.18. The van der Waals surface area contributed by atoms with Crippen molar-refractivity contribution in [2.24, 2.45) is 0 Å². The monoisotopic (exact) mass is 290 g/mol. The van der Waals surface area contributed by atoms with Gasteiger partial charge in [0.15, 0.2) is 0 Å². The van der Waals surface area contributed by atoms with Crippen LogP contribution in [0.25, 0.3) is 0 Å². The van der Waals surface area contributed by atoms with Gasteiger partial charge in [0.25, 0.3) is 0 Å². The van der Waals surface area contributed by atoms with Gasteiger partial charge in [0.05, 0.1) is 6.20 Å². The lowest BCUT2D eigenvalue weighted by molar-refractivity contribution is 0.123. The standard InChI is InChI=1S/C16H26N4O/c1-3-4-6-15(21-16-13-17-7-8-18-16)14-20-10-5-9-19(2)11-12-20/h3,7-8,13,15H,1,4-6,9-12,14H2,2H3/t15-/m1/s1. The molecule has 0 saturated carbocycles. The number of hydrogen-bond acceptors (Lipinski definition) is 5. The van der Waals surface area contributed by atoms with Gasteiger partial charge in [-0.15, -0.1) is 6.58 Å². The van der Waals surface area contributed by atoms with Crippen molar-refractivity contribution in [1.82, 2.24) is 19.8 Å². The van der Waals surface area contributed by atoms with Gasteiger partial charge in [0.1, 0.15) is 6.10 Å². The van der Waals surface area contributed by atoms with Crippen LogP contribution < -0.4 is 4.74 Å². The summed E-state index contributed by atoms with van der Waals surface area (Å²) in [5.74, 6) is 0.610. The van der Waals surface area contributed by atoms with Gasteiger partial charge < -0.3 is 9.64 Å². The van der Waals surface area contributed by atoms with Crippen LogP contribution in [0.4, 0.5) is 0 Å². The van der Waals surface area contributed by atoms with Crippen LogP contribution in [-0.4, -0.2) is 65.6 Å². The Morgan fingerprint density at radius 2 is 2.24 bits per heavy atom. The van der Waals surface area contributed by atoms with Gasteiger partial charge in [-0.1, -0.05) is 6.08 Å². The molecule has 116 valence electrons. The van der Waals surface area contributed by atoms with E-state index in [1.807, 2.05) is 6.08 Å². The molecule has 0 spiro atoms. The molecule has 2 rings (SSSR count). The minimum atomic E-state index is 0.142. The second-order valence-corrected chi connectivity index (χ2v) is 5.61. The van der Waals surface area contributed by atoms with Crippen LogP contribution in [0.5, 0.6) is 5.88 Å². The van der Waals surface area contributed by atoms with Crippen molar-refractivity contribution in [3.63, 3.8) is 0 Å². The Morgan fingerprint density at radius 3 is 3.00 bits per heavy atom.